The third kappa shape index (κ3) is 7.54. The molecule has 0 atom stereocenters. The van der Waals surface area contributed by atoms with E-state index in [-0.39, 0.29) is 0 Å². The van der Waals surface area contributed by atoms with E-state index in [0.29, 0.717) is 0 Å². The van der Waals surface area contributed by atoms with E-state index in [2.05, 4.69) is 13.6 Å². The van der Waals surface area contributed by atoms with E-state index in [1.165, 1.54) is 19.5 Å². The van der Waals surface area contributed by atoms with Crippen molar-refractivity contribution in [3.63, 3.8) is 0 Å². The van der Waals surface area contributed by atoms with Gasteiger partial charge in [0.2, 0.25) is 0 Å². The Kier molecular flexibility index (Phi) is 5.83. The zero-order valence-electron chi connectivity index (χ0n) is 8.31. The summed E-state index contributed by atoms with van der Waals surface area (Å²) in [4.78, 5) is 19.3. The van der Waals surface area contributed by atoms with E-state index >= 15 is 0 Å². The van der Waals surface area contributed by atoms with E-state index < -0.39 is 30.9 Å². The number of hydrogen-bond acceptors (Lipinski definition) is 5. The monoisotopic (exact) mass is 240 g/mol. The molecule has 0 unspecified atom stereocenters. The number of alkyl halides is 2. The summed E-state index contributed by atoms with van der Waals surface area (Å²) in [6.07, 6.45) is 0.276. The van der Waals surface area contributed by atoms with Gasteiger partial charge < -0.3 is 18.7 Å². The van der Waals surface area contributed by atoms with Gasteiger partial charge in [0.15, 0.2) is 6.61 Å². The molecule has 0 spiro atoms. The highest BCUT2D eigenvalue weighted by Crippen LogP contribution is 2.17. The Morgan fingerprint density at radius 1 is 1.50 bits per heavy atom. The predicted octanol–water partition coefficient (Wildman–Crippen LogP) is 1.96. The number of halogens is 2. The van der Waals surface area contributed by atoms with Crippen LogP contribution in [0.25, 0.3) is 0 Å². The Hall–Kier alpha value is -1.86. The Bertz CT molecular complexity index is 339. The first-order valence-corrected chi connectivity index (χ1v) is 4.13. The van der Waals surface area contributed by atoms with Crippen LogP contribution < -0.4 is 5.82 Å². The molecule has 92 valence electrons. The fourth-order valence-corrected chi connectivity index (χ4v) is 0.464. The van der Waals surface area contributed by atoms with E-state index in [0.717, 1.165) is 0 Å². The lowest BCUT2D eigenvalue weighted by Crippen LogP contribution is -2.23. The smallest absolute Gasteiger partial charge is 0.450 e. The van der Waals surface area contributed by atoms with Crippen molar-refractivity contribution in [2.24, 2.45) is 0 Å². The van der Waals surface area contributed by atoms with E-state index in [1.807, 2.05) is 0 Å². The molecule has 0 bridgehead atoms. The maximum Gasteiger partial charge on any atom is 0.518 e. The van der Waals surface area contributed by atoms with Crippen molar-refractivity contribution in [3.05, 3.63) is 23.1 Å². The Morgan fingerprint density at radius 2 is 2.00 bits per heavy atom. The normalized spacial score (nSPS) is 10.2. The molecular formula is C8H10F2O6. The molecule has 6 nitrogen and oxygen atoms in total. The van der Waals surface area contributed by atoms with Crippen molar-refractivity contribution in [1.82, 2.24) is 0 Å². The second-order valence-corrected chi connectivity index (χ2v) is 2.52. The fraction of sp³-hybridized carbons (Fsp3) is 0.500. The average Bonchev–Trinajstić information content (AvgIpc) is 2.67. The first-order chi connectivity index (χ1) is 7.37. The van der Waals surface area contributed by atoms with Gasteiger partial charge in [-0.1, -0.05) is 6.92 Å². The summed E-state index contributed by atoms with van der Waals surface area (Å²) in [5, 5.41) is 7.82. The summed E-state index contributed by atoms with van der Waals surface area (Å²) < 4.78 is 36.1. The van der Waals surface area contributed by atoms with Crippen molar-refractivity contribution in [2.75, 3.05) is 6.61 Å². The summed E-state index contributed by atoms with van der Waals surface area (Å²) >= 11 is 0. The quantitative estimate of drug-likeness (QED) is 0.812. The molecule has 16 heavy (non-hydrogen) atoms. The van der Waals surface area contributed by atoms with Crippen molar-refractivity contribution in [2.45, 2.75) is 19.3 Å². The number of rotatable bonds is 3. The van der Waals surface area contributed by atoms with Crippen LogP contribution in [0, 0.1) is 0 Å². The maximum absolute atomic E-state index is 12.1. The molecule has 0 aromatic carbocycles. The molecule has 8 heteroatoms. The van der Waals surface area contributed by atoms with E-state index in [4.69, 9.17) is 5.11 Å². The molecule has 1 rings (SSSR count). The van der Waals surface area contributed by atoms with Crippen LogP contribution in [-0.2, 0) is 4.74 Å². The molecule has 0 saturated carbocycles. The van der Waals surface area contributed by atoms with Crippen LogP contribution in [0.3, 0.4) is 0 Å². The topological polar surface area (TPSA) is 89.9 Å². The summed E-state index contributed by atoms with van der Waals surface area (Å²) in [6, 6.07) is 0. The SMILES string of the molecule is CCC(F)(F)COC(=O)O.O=c1occo1. The van der Waals surface area contributed by atoms with Gasteiger partial charge in [0.05, 0.1) is 0 Å². The first-order valence-electron chi connectivity index (χ1n) is 4.13. The van der Waals surface area contributed by atoms with Gasteiger partial charge in [0.1, 0.15) is 12.5 Å². The third-order valence-corrected chi connectivity index (χ3v) is 1.31. The Balaban J connectivity index is 0.000000315. The standard InChI is InChI=1S/C5H8F2O3.C3H2O3/c1-2-5(6,7)3-10-4(8)9;4-3-5-1-2-6-3/h2-3H2,1H3,(H,8,9);1-2H. The van der Waals surface area contributed by atoms with E-state index in [1.54, 1.807) is 0 Å². The lowest BCUT2D eigenvalue weighted by molar-refractivity contribution is -0.0657. The second-order valence-electron chi connectivity index (χ2n) is 2.52. The molecule has 0 fully saturated rings. The van der Waals surface area contributed by atoms with Gasteiger partial charge in [-0.25, -0.2) is 18.4 Å². The van der Waals surface area contributed by atoms with Crippen LogP contribution in [-0.4, -0.2) is 23.8 Å². The fourth-order valence-electron chi connectivity index (χ4n) is 0.464. The lowest BCUT2D eigenvalue weighted by atomic mass is 10.3. The van der Waals surface area contributed by atoms with Crippen LogP contribution in [0.1, 0.15) is 13.3 Å². The largest absolute Gasteiger partial charge is 0.518 e. The number of hydrogen-bond donors (Lipinski definition) is 1. The Morgan fingerprint density at radius 3 is 2.25 bits per heavy atom. The van der Waals surface area contributed by atoms with Crippen molar-refractivity contribution >= 4 is 6.16 Å². The van der Waals surface area contributed by atoms with Crippen LogP contribution in [0.5, 0.6) is 0 Å². The number of carboxylic acid groups (broad SMARTS) is 1. The zero-order valence-corrected chi connectivity index (χ0v) is 8.31. The molecule has 1 aromatic rings. The Labute approximate surface area is 88.4 Å². The molecule has 0 aliphatic carbocycles. The second kappa shape index (κ2) is 6.59. The van der Waals surface area contributed by atoms with Gasteiger partial charge in [-0.3, -0.25) is 0 Å². The minimum atomic E-state index is -3.03. The molecule has 0 aliphatic rings. The minimum Gasteiger partial charge on any atom is -0.450 e. The summed E-state index contributed by atoms with van der Waals surface area (Å²) in [5.74, 6) is -3.69. The molecule has 0 aliphatic heterocycles. The van der Waals surface area contributed by atoms with Gasteiger partial charge in [-0.2, -0.15) is 0 Å². The molecule has 0 saturated heterocycles. The summed E-state index contributed by atoms with van der Waals surface area (Å²) in [7, 11) is 0. The zero-order chi connectivity index (χ0) is 12.6. The van der Waals surface area contributed by atoms with Crippen molar-refractivity contribution in [1.29, 1.82) is 0 Å². The van der Waals surface area contributed by atoms with Crippen molar-refractivity contribution < 1.29 is 32.3 Å². The maximum atomic E-state index is 12.1. The molecule has 0 radical (unpaired) electrons. The number of ether oxygens (including phenoxy) is 1. The van der Waals surface area contributed by atoms with Gasteiger partial charge in [0.25, 0.3) is 5.92 Å². The highest BCUT2D eigenvalue weighted by molar-refractivity contribution is 5.56. The molecule has 1 heterocycles. The highest BCUT2D eigenvalue weighted by atomic mass is 19.3. The predicted molar refractivity (Wildman–Crippen MR) is 46.5 cm³/mol. The van der Waals surface area contributed by atoms with Crippen molar-refractivity contribution in [3.8, 4) is 0 Å². The summed E-state index contributed by atoms with van der Waals surface area (Å²) in [5.41, 5.74) is 0. The third-order valence-electron chi connectivity index (χ3n) is 1.31. The van der Waals surface area contributed by atoms with Gasteiger partial charge >= 0.3 is 12.0 Å². The average molecular weight is 240 g/mol. The van der Waals surface area contributed by atoms with Gasteiger partial charge in [-0.15, -0.1) is 0 Å². The highest BCUT2D eigenvalue weighted by Gasteiger charge is 2.27. The summed E-state index contributed by atoms with van der Waals surface area (Å²) in [6.45, 7) is 0.198. The van der Waals surface area contributed by atoms with Crippen LogP contribution in [0.4, 0.5) is 13.6 Å². The van der Waals surface area contributed by atoms with Crippen LogP contribution >= 0.6 is 0 Å². The number of carbonyl (C=O) groups is 1. The van der Waals surface area contributed by atoms with Gasteiger partial charge in [-0.05, 0) is 0 Å². The molecule has 0 amide bonds. The molecule has 1 N–H and O–H groups in total. The molecular weight excluding hydrogens is 230 g/mol. The first kappa shape index (κ1) is 14.1. The van der Waals surface area contributed by atoms with Crippen LogP contribution in [0.15, 0.2) is 26.2 Å². The van der Waals surface area contributed by atoms with Gasteiger partial charge in [0, 0.05) is 6.42 Å². The van der Waals surface area contributed by atoms with Crippen LogP contribution in [0.2, 0.25) is 0 Å². The lowest BCUT2D eigenvalue weighted by Gasteiger charge is -2.11. The minimum absolute atomic E-state index is 0.416. The van der Waals surface area contributed by atoms with E-state index in [9.17, 15) is 18.4 Å². The molecule has 1 aromatic heterocycles.